The van der Waals surface area contributed by atoms with Crippen LogP contribution < -0.4 is 16.0 Å². The lowest BCUT2D eigenvalue weighted by Crippen LogP contribution is -2.54. The van der Waals surface area contributed by atoms with E-state index in [-0.39, 0.29) is 19.0 Å². The number of para-hydroxylation sites is 1. The highest BCUT2D eigenvalue weighted by Gasteiger charge is 2.36. The van der Waals surface area contributed by atoms with Crippen LogP contribution in [-0.4, -0.2) is 53.2 Å². The standard InChI is InChI=1S/C31H36F2N4O3/c1-2-21-8-6-9-22(14-21)19-34-20-29(38)27(17-23-15-24(32)18-25(33)16-23)36-30(39)28-12-7-13-37(28)31(40)35-26-10-4-3-5-11-26/h3-6,8-11,14-16,18,27-29,34,38H,2,7,12-13,17,19-20H2,1H3,(H,35,40)(H,36,39)/t27-,28?,29+/m1/s1. The van der Waals surface area contributed by atoms with Crippen molar-refractivity contribution in [3.05, 3.63) is 101 Å². The maximum Gasteiger partial charge on any atom is 0.322 e. The van der Waals surface area contributed by atoms with Crippen LogP contribution in [0.25, 0.3) is 0 Å². The van der Waals surface area contributed by atoms with Crippen molar-refractivity contribution < 1.29 is 23.5 Å². The Bertz CT molecular complexity index is 1270. The number of aryl methyl sites for hydroxylation is 1. The quantitative estimate of drug-likeness (QED) is 0.285. The lowest BCUT2D eigenvalue weighted by atomic mass is 9.99. The summed E-state index contributed by atoms with van der Waals surface area (Å²) in [5.41, 5.74) is 3.19. The molecule has 1 aliphatic heterocycles. The number of likely N-dealkylation sites (tertiary alicyclic amines) is 1. The van der Waals surface area contributed by atoms with Crippen LogP contribution in [0.3, 0.4) is 0 Å². The van der Waals surface area contributed by atoms with Gasteiger partial charge in [-0.1, -0.05) is 49.4 Å². The number of aliphatic hydroxyl groups excluding tert-OH is 1. The summed E-state index contributed by atoms with van der Waals surface area (Å²) < 4.78 is 27.8. The molecule has 0 saturated carbocycles. The van der Waals surface area contributed by atoms with Crippen LogP contribution in [0, 0.1) is 11.6 Å². The Morgan fingerprint density at radius 2 is 1.70 bits per heavy atom. The van der Waals surface area contributed by atoms with Crippen LogP contribution in [0.15, 0.2) is 72.8 Å². The number of anilines is 1. The lowest BCUT2D eigenvalue weighted by Gasteiger charge is -2.29. The molecule has 0 bridgehead atoms. The number of rotatable bonds is 11. The van der Waals surface area contributed by atoms with E-state index in [1.54, 1.807) is 24.3 Å². The maximum absolute atomic E-state index is 13.9. The summed E-state index contributed by atoms with van der Waals surface area (Å²) in [7, 11) is 0. The minimum atomic E-state index is -1.06. The largest absolute Gasteiger partial charge is 0.390 e. The van der Waals surface area contributed by atoms with Crippen molar-refractivity contribution in [1.82, 2.24) is 15.5 Å². The number of carbonyl (C=O) groups excluding carboxylic acids is 2. The number of nitrogens with one attached hydrogen (secondary N) is 3. The molecule has 4 rings (SSSR count). The number of hydrogen-bond acceptors (Lipinski definition) is 4. The molecular formula is C31H36F2N4O3. The average molecular weight is 551 g/mol. The summed E-state index contributed by atoms with van der Waals surface area (Å²) in [6.07, 6.45) is 0.990. The molecule has 0 spiro atoms. The molecule has 3 aromatic rings. The molecule has 1 fully saturated rings. The van der Waals surface area contributed by atoms with Gasteiger partial charge in [-0.3, -0.25) is 4.79 Å². The van der Waals surface area contributed by atoms with Gasteiger partial charge < -0.3 is 26.0 Å². The van der Waals surface area contributed by atoms with E-state index in [1.165, 1.54) is 22.6 Å². The van der Waals surface area contributed by atoms with Gasteiger partial charge in [0.1, 0.15) is 17.7 Å². The van der Waals surface area contributed by atoms with Gasteiger partial charge in [0.15, 0.2) is 0 Å². The van der Waals surface area contributed by atoms with Crippen LogP contribution >= 0.6 is 0 Å². The fourth-order valence-electron chi connectivity index (χ4n) is 5.01. The Labute approximate surface area is 233 Å². The highest BCUT2D eigenvalue weighted by Crippen LogP contribution is 2.20. The van der Waals surface area contributed by atoms with Gasteiger partial charge in [-0.05, 0) is 66.6 Å². The topological polar surface area (TPSA) is 93.7 Å². The Morgan fingerprint density at radius 3 is 2.42 bits per heavy atom. The number of benzene rings is 3. The van der Waals surface area contributed by atoms with Crippen molar-refractivity contribution in [2.75, 3.05) is 18.4 Å². The number of urea groups is 1. The predicted octanol–water partition coefficient (Wildman–Crippen LogP) is 4.40. The van der Waals surface area contributed by atoms with Gasteiger partial charge in [0, 0.05) is 31.4 Å². The van der Waals surface area contributed by atoms with E-state index in [0.717, 1.165) is 18.1 Å². The molecule has 4 N–H and O–H groups in total. The lowest BCUT2D eigenvalue weighted by molar-refractivity contribution is -0.126. The zero-order valence-electron chi connectivity index (χ0n) is 22.6. The first-order valence-corrected chi connectivity index (χ1v) is 13.7. The molecule has 3 atom stereocenters. The first-order chi connectivity index (χ1) is 19.3. The number of amides is 3. The van der Waals surface area contributed by atoms with E-state index < -0.39 is 35.7 Å². The number of hydrogen-bond donors (Lipinski definition) is 4. The molecule has 1 unspecified atom stereocenters. The minimum Gasteiger partial charge on any atom is -0.390 e. The summed E-state index contributed by atoms with van der Waals surface area (Å²) >= 11 is 0. The Morgan fingerprint density at radius 1 is 0.975 bits per heavy atom. The van der Waals surface area contributed by atoms with Crippen LogP contribution in [0.1, 0.15) is 36.5 Å². The molecule has 3 amide bonds. The molecule has 3 aromatic carbocycles. The molecule has 7 nitrogen and oxygen atoms in total. The van der Waals surface area contributed by atoms with Crippen molar-refractivity contribution in [2.45, 2.75) is 57.3 Å². The van der Waals surface area contributed by atoms with Gasteiger partial charge in [-0.15, -0.1) is 0 Å². The second-order valence-electron chi connectivity index (χ2n) is 10.1. The molecular weight excluding hydrogens is 514 g/mol. The third-order valence-electron chi connectivity index (χ3n) is 7.09. The molecule has 212 valence electrons. The van der Waals surface area contributed by atoms with Gasteiger partial charge in [0.05, 0.1) is 12.1 Å². The summed E-state index contributed by atoms with van der Waals surface area (Å²) in [6.45, 7) is 3.14. The van der Waals surface area contributed by atoms with Gasteiger partial charge >= 0.3 is 6.03 Å². The van der Waals surface area contributed by atoms with Gasteiger partial charge in [-0.2, -0.15) is 0 Å². The average Bonchev–Trinajstić information content (AvgIpc) is 3.43. The number of carbonyl (C=O) groups is 2. The van der Waals surface area contributed by atoms with Crippen LogP contribution in [0.2, 0.25) is 0 Å². The molecule has 40 heavy (non-hydrogen) atoms. The SMILES string of the molecule is CCc1cccc(CNC[C@H](O)[C@@H](Cc2cc(F)cc(F)c2)NC(=O)C2CCCN2C(=O)Nc2ccccc2)c1. The minimum absolute atomic E-state index is 0.0114. The summed E-state index contributed by atoms with van der Waals surface area (Å²) in [6, 6.07) is 18.3. The molecule has 9 heteroatoms. The van der Waals surface area contributed by atoms with E-state index in [0.29, 0.717) is 37.2 Å². The van der Waals surface area contributed by atoms with E-state index in [1.807, 2.05) is 18.2 Å². The van der Waals surface area contributed by atoms with E-state index in [4.69, 9.17) is 0 Å². The number of halogens is 2. The molecule has 1 heterocycles. The van der Waals surface area contributed by atoms with Crippen molar-refractivity contribution in [3.8, 4) is 0 Å². The Kier molecular flexibility index (Phi) is 10.2. The predicted molar refractivity (Wildman–Crippen MR) is 151 cm³/mol. The summed E-state index contributed by atoms with van der Waals surface area (Å²) in [5, 5.41) is 20.0. The number of aliphatic hydroxyl groups is 1. The van der Waals surface area contributed by atoms with Crippen molar-refractivity contribution in [2.24, 2.45) is 0 Å². The van der Waals surface area contributed by atoms with Gasteiger partial charge in [0.2, 0.25) is 5.91 Å². The van der Waals surface area contributed by atoms with Crippen molar-refractivity contribution in [1.29, 1.82) is 0 Å². The second-order valence-corrected chi connectivity index (χ2v) is 10.1. The molecule has 0 aliphatic carbocycles. The third-order valence-corrected chi connectivity index (χ3v) is 7.09. The summed E-state index contributed by atoms with van der Waals surface area (Å²) in [5.74, 6) is -1.89. The zero-order chi connectivity index (χ0) is 28.5. The fraction of sp³-hybridized carbons (Fsp3) is 0.355. The first-order valence-electron chi connectivity index (χ1n) is 13.7. The third kappa shape index (κ3) is 8.09. The van der Waals surface area contributed by atoms with E-state index in [2.05, 4.69) is 35.0 Å². The van der Waals surface area contributed by atoms with Crippen LogP contribution in [-0.2, 0) is 24.2 Å². The fourth-order valence-corrected chi connectivity index (χ4v) is 5.01. The zero-order valence-corrected chi connectivity index (χ0v) is 22.6. The van der Waals surface area contributed by atoms with Crippen molar-refractivity contribution >= 4 is 17.6 Å². The van der Waals surface area contributed by atoms with Crippen LogP contribution in [0.5, 0.6) is 0 Å². The maximum atomic E-state index is 13.9. The molecule has 1 aliphatic rings. The Balaban J connectivity index is 1.43. The number of nitrogens with zero attached hydrogens (tertiary/aromatic N) is 1. The first kappa shape index (κ1) is 29.2. The monoisotopic (exact) mass is 550 g/mol. The van der Waals surface area contributed by atoms with E-state index in [9.17, 15) is 23.5 Å². The Hall–Kier alpha value is -3.82. The van der Waals surface area contributed by atoms with Crippen LogP contribution in [0.4, 0.5) is 19.3 Å². The molecule has 1 saturated heterocycles. The second kappa shape index (κ2) is 14.0. The highest BCUT2D eigenvalue weighted by atomic mass is 19.1. The summed E-state index contributed by atoms with van der Waals surface area (Å²) in [4.78, 5) is 27.8. The normalized spacial score (nSPS) is 16.4. The van der Waals surface area contributed by atoms with E-state index >= 15 is 0 Å². The van der Waals surface area contributed by atoms with Crippen molar-refractivity contribution in [3.63, 3.8) is 0 Å². The molecule has 0 aromatic heterocycles. The van der Waals surface area contributed by atoms with Gasteiger partial charge in [-0.25, -0.2) is 13.6 Å². The molecule has 0 radical (unpaired) electrons. The van der Waals surface area contributed by atoms with Gasteiger partial charge in [0.25, 0.3) is 0 Å². The smallest absolute Gasteiger partial charge is 0.322 e. The highest BCUT2D eigenvalue weighted by molar-refractivity contribution is 5.94.